The van der Waals surface area contributed by atoms with Gasteiger partial charge in [0.2, 0.25) is 0 Å². The number of anilines is 1. The highest BCUT2D eigenvalue weighted by Gasteiger charge is 2.34. The van der Waals surface area contributed by atoms with Crippen LogP contribution in [0.25, 0.3) is 16.7 Å². The first-order valence-corrected chi connectivity index (χ1v) is 10.0. The Morgan fingerprint density at radius 2 is 1.85 bits per heavy atom. The van der Waals surface area contributed by atoms with Crippen molar-refractivity contribution < 1.29 is 26.7 Å². The number of fused-ring (bicyclic) bond motifs is 1. The van der Waals surface area contributed by atoms with Gasteiger partial charge in [0, 0.05) is 9.86 Å². The Balaban J connectivity index is 1.66. The van der Waals surface area contributed by atoms with Crippen LogP contribution in [0, 0.1) is 0 Å². The van der Waals surface area contributed by atoms with Gasteiger partial charge in [-0.05, 0) is 31.2 Å². The van der Waals surface area contributed by atoms with Crippen molar-refractivity contribution in [2.75, 3.05) is 5.32 Å². The molecule has 33 heavy (non-hydrogen) atoms. The molecule has 8 nitrogen and oxygen atoms in total. The summed E-state index contributed by atoms with van der Waals surface area (Å²) in [5.74, 6) is 0.651. The first-order valence-electron chi connectivity index (χ1n) is 9.22. The molecule has 0 aliphatic heterocycles. The van der Waals surface area contributed by atoms with E-state index in [1.807, 2.05) is 0 Å². The fourth-order valence-electron chi connectivity index (χ4n) is 3.13. The largest absolute Gasteiger partial charge is 0.433 e. The molecule has 0 bridgehead atoms. The molecule has 0 spiro atoms. The number of nitrogens with one attached hydrogen (secondary N) is 1. The average Bonchev–Trinajstić information content (AvgIpc) is 3.23. The fourth-order valence-corrected chi connectivity index (χ4v) is 3.58. The summed E-state index contributed by atoms with van der Waals surface area (Å²) in [5.41, 5.74) is -1.16. The van der Waals surface area contributed by atoms with Gasteiger partial charge in [-0.1, -0.05) is 15.9 Å². The van der Waals surface area contributed by atoms with Crippen LogP contribution in [-0.2, 0) is 6.18 Å². The van der Waals surface area contributed by atoms with Crippen LogP contribution in [0.2, 0.25) is 0 Å². The summed E-state index contributed by atoms with van der Waals surface area (Å²) >= 11 is 3.10. The third-order valence-corrected chi connectivity index (χ3v) is 4.94. The third-order valence-electron chi connectivity index (χ3n) is 4.49. The van der Waals surface area contributed by atoms with Crippen molar-refractivity contribution in [1.29, 1.82) is 0 Å². The molecule has 0 fully saturated rings. The second-order valence-electron chi connectivity index (χ2n) is 6.70. The Bertz CT molecular complexity index is 1280. The molecule has 1 aromatic carbocycles. The van der Waals surface area contributed by atoms with E-state index in [1.54, 1.807) is 6.92 Å². The molecule has 3 heterocycles. The normalized spacial score (nSPS) is 12.8. The third kappa shape index (κ3) is 4.84. The highest BCUT2D eigenvalue weighted by atomic mass is 79.9. The van der Waals surface area contributed by atoms with Gasteiger partial charge in [-0.3, -0.25) is 0 Å². The summed E-state index contributed by atoms with van der Waals surface area (Å²) in [7, 11) is 0. The summed E-state index contributed by atoms with van der Waals surface area (Å²) in [6.07, 6.45) is -1.20. The van der Waals surface area contributed by atoms with Gasteiger partial charge < -0.3 is 10.1 Å². The molecule has 0 amide bonds. The summed E-state index contributed by atoms with van der Waals surface area (Å²) in [5, 5.41) is 7.27. The zero-order chi connectivity index (χ0) is 23.8. The van der Waals surface area contributed by atoms with E-state index in [2.05, 4.69) is 51.0 Å². The number of halogens is 6. The number of nitrogens with zero attached hydrogens (tertiary/aromatic N) is 6. The number of benzene rings is 1. The maximum absolute atomic E-state index is 13.5. The fraction of sp³-hybridized carbons (Fsp3) is 0.211. The van der Waals surface area contributed by atoms with Crippen LogP contribution in [-0.4, -0.2) is 36.3 Å². The topological polar surface area (TPSA) is 90.6 Å². The number of rotatable bonds is 6. The Hall–Kier alpha value is -3.42. The zero-order valence-corrected chi connectivity index (χ0v) is 18.1. The summed E-state index contributed by atoms with van der Waals surface area (Å²) in [6.45, 7) is -1.28. The van der Waals surface area contributed by atoms with Crippen LogP contribution in [0.15, 0.2) is 47.6 Å². The van der Waals surface area contributed by atoms with E-state index in [0.29, 0.717) is 5.82 Å². The molecule has 1 N–H and O–H groups in total. The van der Waals surface area contributed by atoms with Crippen molar-refractivity contribution in [2.45, 2.75) is 25.8 Å². The Kier molecular flexibility index (Phi) is 6.10. The van der Waals surface area contributed by atoms with Crippen LogP contribution in [0.3, 0.4) is 0 Å². The number of alkyl halides is 5. The quantitative estimate of drug-likeness (QED) is 0.345. The maximum Gasteiger partial charge on any atom is 0.418 e. The predicted octanol–water partition coefficient (Wildman–Crippen LogP) is 5.16. The Morgan fingerprint density at radius 1 is 1.06 bits per heavy atom. The Morgan fingerprint density at radius 3 is 2.52 bits per heavy atom. The van der Waals surface area contributed by atoms with Gasteiger partial charge in [-0.25, -0.2) is 19.9 Å². The number of hydrogen-bond acceptors (Lipinski definition) is 7. The van der Waals surface area contributed by atoms with E-state index in [1.165, 1.54) is 29.2 Å². The van der Waals surface area contributed by atoms with Crippen LogP contribution >= 0.6 is 15.9 Å². The molecule has 172 valence electrons. The van der Waals surface area contributed by atoms with E-state index in [0.717, 1.165) is 18.6 Å². The number of hydrogen-bond donors (Lipinski definition) is 1. The van der Waals surface area contributed by atoms with E-state index in [9.17, 15) is 22.0 Å². The van der Waals surface area contributed by atoms with Gasteiger partial charge in [-0.2, -0.15) is 31.7 Å². The van der Waals surface area contributed by atoms with Crippen molar-refractivity contribution in [1.82, 2.24) is 29.7 Å². The monoisotopic (exact) mass is 529 g/mol. The molecule has 3 aromatic heterocycles. The molecule has 0 saturated heterocycles. The molecule has 4 rings (SSSR count). The van der Waals surface area contributed by atoms with Gasteiger partial charge in [0.15, 0.2) is 11.6 Å². The second kappa shape index (κ2) is 8.84. The standard InChI is InChI=1S/C19H13BrF5N7O/c1-9(17-29-8-30-32(17)14-3-2-11(6-26-14)33-18(21)22)31-16-12-4-10(20)5-13(19(23,24)25)15(12)27-7-28-16/h2-9,18H,1H3,(H,27,28,31). The van der Waals surface area contributed by atoms with Crippen molar-refractivity contribution in [3.05, 3.63) is 59.0 Å². The lowest BCUT2D eigenvalue weighted by atomic mass is 10.1. The minimum Gasteiger partial charge on any atom is -0.433 e. The molecule has 0 radical (unpaired) electrons. The SMILES string of the molecule is CC(Nc1ncnc2c(C(F)(F)F)cc(Br)cc12)c1ncnn1-c1ccc(OC(F)F)cn1. The van der Waals surface area contributed by atoms with Crippen LogP contribution in [0.4, 0.5) is 27.8 Å². The maximum atomic E-state index is 13.5. The van der Waals surface area contributed by atoms with E-state index < -0.39 is 24.4 Å². The van der Waals surface area contributed by atoms with Gasteiger partial charge in [0.05, 0.1) is 23.3 Å². The van der Waals surface area contributed by atoms with E-state index >= 15 is 0 Å². The smallest absolute Gasteiger partial charge is 0.418 e. The molecule has 0 aliphatic rings. The molecule has 0 saturated carbocycles. The average molecular weight is 530 g/mol. The highest BCUT2D eigenvalue weighted by Crippen LogP contribution is 2.38. The molecule has 0 aliphatic carbocycles. The Labute approximate surface area is 191 Å². The van der Waals surface area contributed by atoms with E-state index in [-0.39, 0.29) is 32.8 Å². The zero-order valence-electron chi connectivity index (χ0n) is 16.6. The first-order chi connectivity index (χ1) is 15.6. The predicted molar refractivity (Wildman–Crippen MR) is 110 cm³/mol. The van der Waals surface area contributed by atoms with Crippen molar-refractivity contribution in [3.63, 3.8) is 0 Å². The van der Waals surface area contributed by atoms with Gasteiger partial charge in [-0.15, -0.1) is 0 Å². The lowest BCUT2D eigenvalue weighted by molar-refractivity contribution is -0.136. The number of pyridine rings is 1. The van der Waals surface area contributed by atoms with E-state index in [4.69, 9.17) is 0 Å². The molecule has 1 unspecified atom stereocenters. The van der Waals surface area contributed by atoms with Crippen molar-refractivity contribution in [3.8, 4) is 11.6 Å². The van der Waals surface area contributed by atoms with Crippen LogP contribution in [0.5, 0.6) is 5.75 Å². The molecule has 4 aromatic rings. The molecular formula is C19H13BrF5N7O. The molecule has 1 atom stereocenters. The van der Waals surface area contributed by atoms with Crippen molar-refractivity contribution >= 4 is 32.7 Å². The van der Waals surface area contributed by atoms with Gasteiger partial charge >= 0.3 is 12.8 Å². The van der Waals surface area contributed by atoms with Crippen LogP contribution in [0.1, 0.15) is 24.4 Å². The number of aromatic nitrogens is 6. The second-order valence-corrected chi connectivity index (χ2v) is 7.61. The van der Waals surface area contributed by atoms with Gasteiger partial charge in [0.25, 0.3) is 0 Å². The van der Waals surface area contributed by atoms with Gasteiger partial charge in [0.1, 0.15) is 24.2 Å². The summed E-state index contributed by atoms with van der Waals surface area (Å²) < 4.78 is 70.9. The minimum absolute atomic E-state index is 0.125. The van der Waals surface area contributed by atoms with Crippen LogP contribution < -0.4 is 10.1 Å². The number of ether oxygens (including phenoxy) is 1. The lowest BCUT2D eigenvalue weighted by Crippen LogP contribution is -2.16. The molecule has 14 heteroatoms. The molecular weight excluding hydrogens is 517 g/mol. The minimum atomic E-state index is -4.61. The first kappa shape index (κ1) is 22.8. The summed E-state index contributed by atoms with van der Waals surface area (Å²) in [4.78, 5) is 16.1. The van der Waals surface area contributed by atoms with Crippen molar-refractivity contribution in [2.24, 2.45) is 0 Å². The summed E-state index contributed by atoms with van der Waals surface area (Å²) in [6, 6.07) is 4.55. The lowest BCUT2D eigenvalue weighted by Gasteiger charge is -2.17. The highest BCUT2D eigenvalue weighted by molar-refractivity contribution is 9.10.